The van der Waals surface area contributed by atoms with Gasteiger partial charge in [0.15, 0.2) is 9.84 Å². The highest BCUT2D eigenvalue weighted by atomic mass is 32.2. The molecule has 5 heteroatoms. The summed E-state index contributed by atoms with van der Waals surface area (Å²) >= 11 is 0. The number of hydrogen-bond acceptors (Lipinski definition) is 4. The zero-order chi connectivity index (χ0) is 12.6. The zero-order valence-corrected chi connectivity index (χ0v) is 10.7. The van der Waals surface area contributed by atoms with E-state index >= 15 is 0 Å². The highest BCUT2D eigenvalue weighted by molar-refractivity contribution is 7.91. The molecule has 1 aliphatic heterocycles. The second kappa shape index (κ2) is 4.40. The maximum absolute atomic E-state index is 11.3. The topological polar surface area (TPSA) is 59.3 Å². The molecule has 4 nitrogen and oxygen atoms in total. The lowest BCUT2D eigenvalue weighted by atomic mass is 10.2. The third-order valence-corrected chi connectivity index (χ3v) is 5.04. The van der Waals surface area contributed by atoms with Crippen LogP contribution in [0.2, 0.25) is 0 Å². The van der Waals surface area contributed by atoms with Crippen LogP contribution in [-0.2, 0) is 16.4 Å². The molecule has 2 heterocycles. The van der Waals surface area contributed by atoms with Gasteiger partial charge in [-0.3, -0.25) is 0 Å². The summed E-state index contributed by atoms with van der Waals surface area (Å²) in [6.45, 7) is 0.578. The standard InChI is InChI=1S/C13H15NO3S/c15-18(16)6-5-11(9-18)14-8-12-7-10-3-1-2-4-13(10)17-12/h1-4,7,11,14H,5-6,8-9H2. The van der Waals surface area contributed by atoms with Crippen molar-refractivity contribution in [3.8, 4) is 0 Å². The third kappa shape index (κ3) is 2.42. The summed E-state index contributed by atoms with van der Waals surface area (Å²) in [6, 6.07) is 9.89. The van der Waals surface area contributed by atoms with Crippen LogP contribution < -0.4 is 5.32 Å². The minimum Gasteiger partial charge on any atom is -0.460 e. The number of rotatable bonds is 3. The molecule has 0 radical (unpaired) electrons. The van der Waals surface area contributed by atoms with E-state index in [1.54, 1.807) is 0 Å². The van der Waals surface area contributed by atoms with E-state index in [1.165, 1.54) is 0 Å². The second-order valence-corrected chi connectivity index (χ2v) is 6.96. The summed E-state index contributed by atoms with van der Waals surface area (Å²) in [4.78, 5) is 0. The number of furan rings is 1. The largest absolute Gasteiger partial charge is 0.460 e. The SMILES string of the molecule is O=S1(=O)CCC(NCc2cc3ccccc3o2)C1. The van der Waals surface area contributed by atoms with Crippen LogP contribution in [0.4, 0.5) is 0 Å². The van der Waals surface area contributed by atoms with Crippen molar-refractivity contribution >= 4 is 20.8 Å². The van der Waals surface area contributed by atoms with E-state index in [-0.39, 0.29) is 11.8 Å². The first-order valence-corrected chi connectivity index (χ1v) is 7.86. The molecule has 1 saturated heterocycles. The lowest BCUT2D eigenvalue weighted by Crippen LogP contribution is -2.29. The summed E-state index contributed by atoms with van der Waals surface area (Å²) in [5.41, 5.74) is 0.869. The molecule has 0 bridgehead atoms. The molecular weight excluding hydrogens is 250 g/mol. The van der Waals surface area contributed by atoms with Crippen LogP contribution in [0.1, 0.15) is 12.2 Å². The number of para-hydroxylation sites is 1. The molecule has 0 aliphatic carbocycles. The Morgan fingerprint density at radius 1 is 1.33 bits per heavy atom. The fraction of sp³-hybridized carbons (Fsp3) is 0.385. The molecule has 3 rings (SSSR count). The molecular formula is C13H15NO3S. The fourth-order valence-corrected chi connectivity index (χ4v) is 4.03. The quantitative estimate of drug-likeness (QED) is 0.918. The first-order valence-electron chi connectivity index (χ1n) is 6.04. The van der Waals surface area contributed by atoms with E-state index < -0.39 is 9.84 Å². The van der Waals surface area contributed by atoms with Gasteiger partial charge in [-0.05, 0) is 18.6 Å². The molecule has 1 aliphatic rings. The van der Waals surface area contributed by atoms with Gasteiger partial charge < -0.3 is 9.73 Å². The van der Waals surface area contributed by atoms with Gasteiger partial charge >= 0.3 is 0 Å². The lowest BCUT2D eigenvalue weighted by Gasteiger charge is -2.08. The number of sulfone groups is 1. The number of nitrogens with one attached hydrogen (secondary N) is 1. The average molecular weight is 265 g/mol. The lowest BCUT2D eigenvalue weighted by molar-refractivity contribution is 0.477. The molecule has 1 atom stereocenters. The van der Waals surface area contributed by atoms with Gasteiger partial charge in [-0.2, -0.15) is 0 Å². The summed E-state index contributed by atoms with van der Waals surface area (Å²) in [6.07, 6.45) is 0.697. The van der Waals surface area contributed by atoms with Crippen molar-refractivity contribution in [3.05, 3.63) is 36.1 Å². The van der Waals surface area contributed by atoms with Crippen molar-refractivity contribution in [1.29, 1.82) is 0 Å². The van der Waals surface area contributed by atoms with Crippen LogP contribution >= 0.6 is 0 Å². The first-order chi connectivity index (χ1) is 8.62. The maximum atomic E-state index is 11.3. The van der Waals surface area contributed by atoms with Gasteiger partial charge in [-0.15, -0.1) is 0 Å². The fourth-order valence-electron chi connectivity index (χ4n) is 2.32. The first kappa shape index (κ1) is 11.7. The van der Waals surface area contributed by atoms with E-state index in [0.717, 1.165) is 16.7 Å². The number of benzene rings is 1. The van der Waals surface area contributed by atoms with Crippen LogP contribution in [0.15, 0.2) is 34.7 Å². The molecule has 0 spiro atoms. The van der Waals surface area contributed by atoms with Crippen molar-refractivity contribution in [1.82, 2.24) is 5.32 Å². The molecule has 18 heavy (non-hydrogen) atoms. The molecule has 1 N–H and O–H groups in total. The van der Waals surface area contributed by atoms with Crippen molar-refractivity contribution in [3.63, 3.8) is 0 Å². The molecule has 1 unspecified atom stereocenters. The predicted molar refractivity (Wildman–Crippen MR) is 70.1 cm³/mol. The molecule has 1 fully saturated rings. The van der Waals surface area contributed by atoms with Crippen molar-refractivity contribution in [2.24, 2.45) is 0 Å². The Morgan fingerprint density at radius 3 is 2.89 bits per heavy atom. The van der Waals surface area contributed by atoms with Gasteiger partial charge in [0.1, 0.15) is 11.3 Å². The zero-order valence-electron chi connectivity index (χ0n) is 9.93. The van der Waals surface area contributed by atoms with Gasteiger partial charge in [0.25, 0.3) is 0 Å². The Morgan fingerprint density at radius 2 is 2.17 bits per heavy atom. The normalized spacial score (nSPS) is 22.6. The van der Waals surface area contributed by atoms with Gasteiger partial charge in [-0.25, -0.2) is 8.42 Å². The number of fused-ring (bicyclic) bond motifs is 1. The smallest absolute Gasteiger partial charge is 0.151 e. The van der Waals surface area contributed by atoms with E-state index in [9.17, 15) is 8.42 Å². The summed E-state index contributed by atoms with van der Waals surface area (Å²) < 4.78 is 28.3. The summed E-state index contributed by atoms with van der Waals surface area (Å²) in [7, 11) is -2.82. The molecule has 0 amide bonds. The predicted octanol–water partition coefficient (Wildman–Crippen LogP) is 1.71. The van der Waals surface area contributed by atoms with Crippen molar-refractivity contribution in [2.45, 2.75) is 19.0 Å². The monoisotopic (exact) mass is 265 g/mol. The van der Waals surface area contributed by atoms with E-state index in [2.05, 4.69) is 5.32 Å². The van der Waals surface area contributed by atoms with E-state index in [4.69, 9.17) is 4.42 Å². The van der Waals surface area contributed by atoms with Gasteiger partial charge in [-0.1, -0.05) is 18.2 Å². The Hall–Kier alpha value is -1.33. The van der Waals surface area contributed by atoms with Gasteiger partial charge in [0.05, 0.1) is 18.1 Å². The number of hydrogen-bond donors (Lipinski definition) is 1. The highest BCUT2D eigenvalue weighted by Gasteiger charge is 2.27. The minimum absolute atomic E-state index is 0.0585. The molecule has 2 aromatic rings. The Labute approximate surface area is 106 Å². The van der Waals surface area contributed by atoms with Gasteiger partial charge in [0, 0.05) is 11.4 Å². The summed E-state index contributed by atoms with van der Waals surface area (Å²) in [5, 5.41) is 4.32. The minimum atomic E-state index is -2.82. The maximum Gasteiger partial charge on any atom is 0.151 e. The highest BCUT2D eigenvalue weighted by Crippen LogP contribution is 2.19. The van der Waals surface area contributed by atoms with Crippen LogP contribution in [0.25, 0.3) is 11.0 Å². The van der Waals surface area contributed by atoms with Crippen LogP contribution in [0.3, 0.4) is 0 Å². The molecule has 1 aromatic heterocycles. The van der Waals surface area contributed by atoms with Gasteiger partial charge in [0.2, 0.25) is 0 Å². The average Bonchev–Trinajstić information content (AvgIpc) is 2.89. The third-order valence-electron chi connectivity index (χ3n) is 3.27. The van der Waals surface area contributed by atoms with Crippen molar-refractivity contribution in [2.75, 3.05) is 11.5 Å². The summed E-state index contributed by atoms with van der Waals surface area (Å²) in [5.74, 6) is 1.39. The molecule has 0 saturated carbocycles. The van der Waals surface area contributed by atoms with E-state index in [1.807, 2.05) is 30.3 Å². The Balaban J connectivity index is 1.67. The van der Waals surface area contributed by atoms with Crippen LogP contribution in [-0.4, -0.2) is 26.0 Å². The molecule has 1 aromatic carbocycles. The van der Waals surface area contributed by atoms with E-state index in [0.29, 0.717) is 18.7 Å². The van der Waals surface area contributed by atoms with Crippen molar-refractivity contribution < 1.29 is 12.8 Å². The van der Waals surface area contributed by atoms with Crippen LogP contribution in [0.5, 0.6) is 0 Å². The Kier molecular flexibility index (Phi) is 2.87. The molecule has 96 valence electrons. The van der Waals surface area contributed by atoms with Crippen LogP contribution in [0, 0.1) is 0 Å². The Bertz CT molecular complexity index is 627. The second-order valence-electron chi connectivity index (χ2n) is 4.73.